The number of nitriles is 1. The Balaban J connectivity index is 1.33. The number of nitrogens with zero attached hydrogens (tertiary/aromatic N) is 3. The SMILES string of the molecule is Cc1ccc(Oc2ccc(CNC(=O)C3(CC(=O)c4cncnc4)CC3)cc2)c(C#N)c1. The molecule has 1 aliphatic carbocycles. The Hall–Kier alpha value is -4.05. The Morgan fingerprint density at radius 3 is 2.50 bits per heavy atom. The van der Waals surface area contributed by atoms with Gasteiger partial charge in [-0.15, -0.1) is 0 Å². The van der Waals surface area contributed by atoms with Crippen molar-refractivity contribution in [2.24, 2.45) is 5.41 Å². The zero-order valence-corrected chi connectivity index (χ0v) is 17.7. The van der Waals surface area contributed by atoms with E-state index in [1.165, 1.54) is 18.7 Å². The number of ether oxygens (including phenoxy) is 1. The van der Waals surface area contributed by atoms with Gasteiger partial charge in [0.15, 0.2) is 5.78 Å². The molecule has 7 heteroatoms. The van der Waals surface area contributed by atoms with Crippen molar-refractivity contribution in [1.29, 1.82) is 5.26 Å². The molecule has 0 unspecified atom stereocenters. The smallest absolute Gasteiger partial charge is 0.226 e. The summed E-state index contributed by atoms with van der Waals surface area (Å²) in [5.41, 5.74) is 2.18. The highest BCUT2D eigenvalue weighted by atomic mass is 16.5. The molecule has 1 fully saturated rings. The average molecular weight is 426 g/mol. The number of aromatic nitrogens is 2. The molecule has 1 heterocycles. The second kappa shape index (κ2) is 8.98. The molecule has 1 aromatic heterocycles. The van der Waals surface area contributed by atoms with E-state index in [9.17, 15) is 14.9 Å². The van der Waals surface area contributed by atoms with Crippen molar-refractivity contribution in [3.05, 3.63) is 83.4 Å². The molecule has 160 valence electrons. The fourth-order valence-electron chi connectivity index (χ4n) is 3.48. The highest BCUT2D eigenvalue weighted by Gasteiger charge is 2.50. The number of hydrogen-bond donors (Lipinski definition) is 1. The fraction of sp³-hybridized carbons (Fsp3) is 0.240. The maximum Gasteiger partial charge on any atom is 0.226 e. The third-order valence-corrected chi connectivity index (χ3v) is 5.58. The van der Waals surface area contributed by atoms with Crippen LogP contribution in [0.1, 0.15) is 46.3 Å². The first-order valence-electron chi connectivity index (χ1n) is 10.3. The Kier molecular flexibility index (Phi) is 5.95. The lowest BCUT2D eigenvalue weighted by molar-refractivity contribution is -0.126. The van der Waals surface area contributed by atoms with Gasteiger partial charge in [-0.2, -0.15) is 5.26 Å². The molecule has 7 nitrogen and oxygen atoms in total. The standard InChI is InChI=1S/C25H22N4O3/c1-17-2-7-23(19(10-17)12-26)32-21-5-3-18(4-6-21)13-29-24(31)25(8-9-25)11-22(30)20-14-27-16-28-15-20/h2-7,10,14-16H,8-9,11,13H2,1H3,(H,29,31). The van der Waals surface area contributed by atoms with Gasteiger partial charge >= 0.3 is 0 Å². The highest BCUT2D eigenvalue weighted by molar-refractivity contribution is 6.00. The van der Waals surface area contributed by atoms with Crippen molar-refractivity contribution in [1.82, 2.24) is 15.3 Å². The largest absolute Gasteiger partial charge is 0.456 e. The fourth-order valence-corrected chi connectivity index (χ4v) is 3.48. The van der Waals surface area contributed by atoms with Gasteiger partial charge < -0.3 is 10.1 Å². The predicted molar refractivity (Wildman–Crippen MR) is 117 cm³/mol. The molecule has 0 saturated heterocycles. The van der Waals surface area contributed by atoms with Crippen LogP contribution in [0.15, 0.2) is 61.2 Å². The molecule has 3 aromatic rings. The summed E-state index contributed by atoms with van der Waals surface area (Å²) in [6.07, 6.45) is 5.88. The summed E-state index contributed by atoms with van der Waals surface area (Å²) in [5, 5.41) is 12.2. The van der Waals surface area contributed by atoms with Gasteiger partial charge in [-0.05, 0) is 55.2 Å². The van der Waals surface area contributed by atoms with Gasteiger partial charge in [0.2, 0.25) is 5.91 Å². The lowest BCUT2D eigenvalue weighted by atomic mass is 9.95. The van der Waals surface area contributed by atoms with Crippen molar-refractivity contribution in [2.45, 2.75) is 32.7 Å². The Morgan fingerprint density at radius 2 is 1.84 bits per heavy atom. The maximum absolute atomic E-state index is 12.7. The minimum atomic E-state index is -0.630. The van der Waals surface area contributed by atoms with E-state index in [2.05, 4.69) is 21.4 Å². The van der Waals surface area contributed by atoms with Crippen LogP contribution in [0.2, 0.25) is 0 Å². The molecule has 1 aliphatic rings. The van der Waals surface area contributed by atoms with Crippen LogP contribution in [-0.4, -0.2) is 21.7 Å². The molecule has 2 aromatic carbocycles. The molecule has 1 N–H and O–H groups in total. The summed E-state index contributed by atoms with van der Waals surface area (Å²) < 4.78 is 5.83. The van der Waals surface area contributed by atoms with Crippen LogP contribution in [0, 0.1) is 23.7 Å². The molecular weight excluding hydrogens is 404 g/mol. The third-order valence-electron chi connectivity index (χ3n) is 5.58. The molecule has 0 radical (unpaired) electrons. The molecule has 32 heavy (non-hydrogen) atoms. The van der Waals surface area contributed by atoms with E-state index in [-0.39, 0.29) is 18.1 Å². The van der Waals surface area contributed by atoms with Crippen LogP contribution in [0.25, 0.3) is 0 Å². The minimum Gasteiger partial charge on any atom is -0.456 e. The van der Waals surface area contributed by atoms with Crippen LogP contribution >= 0.6 is 0 Å². The van der Waals surface area contributed by atoms with Crippen molar-refractivity contribution < 1.29 is 14.3 Å². The van der Waals surface area contributed by atoms with Crippen LogP contribution < -0.4 is 10.1 Å². The average Bonchev–Trinajstić information content (AvgIpc) is 3.60. The molecule has 0 spiro atoms. The van der Waals surface area contributed by atoms with E-state index in [1.54, 1.807) is 24.3 Å². The maximum atomic E-state index is 12.7. The van der Waals surface area contributed by atoms with E-state index >= 15 is 0 Å². The van der Waals surface area contributed by atoms with Crippen molar-refractivity contribution in [3.63, 3.8) is 0 Å². The number of aryl methyl sites for hydroxylation is 1. The lowest BCUT2D eigenvalue weighted by Gasteiger charge is -2.15. The van der Waals surface area contributed by atoms with Gasteiger partial charge in [-0.1, -0.05) is 18.2 Å². The van der Waals surface area contributed by atoms with E-state index in [4.69, 9.17) is 4.74 Å². The molecule has 4 rings (SSSR count). The predicted octanol–water partition coefficient (Wildman–Crippen LogP) is 4.12. The quantitative estimate of drug-likeness (QED) is 0.543. The van der Waals surface area contributed by atoms with Gasteiger partial charge in [0, 0.05) is 25.4 Å². The molecule has 1 amide bonds. The number of rotatable bonds is 8. The number of carbonyl (C=O) groups is 2. The summed E-state index contributed by atoms with van der Waals surface area (Å²) >= 11 is 0. The first-order valence-corrected chi connectivity index (χ1v) is 10.3. The second-order valence-electron chi connectivity index (χ2n) is 8.05. The van der Waals surface area contributed by atoms with E-state index in [0.717, 1.165) is 11.1 Å². The van der Waals surface area contributed by atoms with Crippen LogP contribution in [0.4, 0.5) is 0 Å². The van der Waals surface area contributed by atoms with Crippen molar-refractivity contribution >= 4 is 11.7 Å². The first kappa shape index (κ1) is 21.2. The first-order chi connectivity index (χ1) is 15.5. The number of carbonyl (C=O) groups excluding carboxylic acids is 2. The summed E-state index contributed by atoms with van der Waals surface area (Å²) in [4.78, 5) is 32.9. The number of benzene rings is 2. The van der Waals surface area contributed by atoms with Gasteiger partial charge in [-0.25, -0.2) is 9.97 Å². The summed E-state index contributed by atoms with van der Waals surface area (Å²) in [7, 11) is 0. The molecular formula is C25H22N4O3. The number of Topliss-reactive ketones (excluding diaryl/α,β-unsaturated/α-hetero) is 1. The van der Waals surface area contributed by atoms with E-state index < -0.39 is 5.41 Å². The molecule has 0 bridgehead atoms. The lowest BCUT2D eigenvalue weighted by Crippen LogP contribution is -2.33. The zero-order valence-electron chi connectivity index (χ0n) is 17.7. The number of nitrogens with one attached hydrogen (secondary N) is 1. The van der Waals surface area contributed by atoms with E-state index in [0.29, 0.717) is 42.0 Å². The third kappa shape index (κ3) is 4.81. The van der Waals surface area contributed by atoms with Gasteiger partial charge in [0.05, 0.1) is 16.5 Å². The van der Waals surface area contributed by atoms with Crippen LogP contribution in [0.3, 0.4) is 0 Å². The van der Waals surface area contributed by atoms with Gasteiger partial charge in [-0.3, -0.25) is 9.59 Å². The monoisotopic (exact) mass is 426 g/mol. The highest BCUT2D eigenvalue weighted by Crippen LogP contribution is 2.49. The van der Waals surface area contributed by atoms with Crippen LogP contribution in [-0.2, 0) is 11.3 Å². The van der Waals surface area contributed by atoms with Crippen molar-refractivity contribution in [2.75, 3.05) is 0 Å². The molecule has 0 aliphatic heterocycles. The Bertz CT molecular complexity index is 1180. The molecule has 1 saturated carbocycles. The Labute approximate surface area is 186 Å². The summed E-state index contributed by atoms with van der Waals surface area (Å²) in [6.45, 7) is 2.28. The minimum absolute atomic E-state index is 0.110. The van der Waals surface area contributed by atoms with Gasteiger partial charge in [0.1, 0.15) is 23.9 Å². The zero-order chi connectivity index (χ0) is 22.6. The topological polar surface area (TPSA) is 105 Å². The number of amides is 1. The second-order valence-corrected chi connectivity index (χ2v) is 8.05. The molecule has 0 atom stereocenters. The number of hydrogen-bond acceptors (Lipinski definition) is 6. The van der Waals surface area contributed by atoms with Crippen LogP contribution in [0.5, 0.6) is 11.5 Å². The van der Waals surface area contributed by atoms with Gasteiger partial charge in [0.25, 0.3) is 0 Å². The summed E-state index contributed by atoms with van der Waals surface area (Å²) in [5.74, 6) is 0.881. The Morgan fingerprint density at radius 1 is 1.12 bits per heavy atom. The summed E-state index contributed by atoms with van der Waals surface area (Å²) in [6, 6.07) is 14.9. The normalized spacial score (nSPS) is 13.6. The number of ketones is 1. The van der Waals surface area contributed by atoms with Crippen molar-refractivity contribution in [3.8, 4) is 17.6 Å². The van der Waals surface area contributed by atoms with E-state index in [1.807, 2.05) is 25.1 Å².